The Kier molecular flexibility index (Phi) is 6.71. The fourth-order valence-electron chi connectivity index (χ4n) is 3.34. The number of benzene rings is 2. The number of methoxy groups -OCH3 is 1. The Balaban J connectivity index is 1.64. The van der Waals surface area contributed by atoms with E-state index in [0.29, 0.717) is 18.8 Å². The Bertz CT molecular complexity index is 740. The molecule has 1 fully saturated rings. The number of hydrogen-bond acceptors (Lipinski definition) is 4. The third-order valence-electron chi connectivity index (χ3n) is 4.82. The molecule has 0 aromatic heterocycles. The molecule has 0 saturated carbocycles. The quantitative estimate of drug-likeness (QED) is 0.701. The number of rotatable bonds is 7. The summed E-state index contributed by atoms with van der Waals surface area (Å²) in [5.41, 5.74) is 2.82. The molecule has 5 nitrogen and oxygen atoms in total. The lowest BCUT2D eigenvalue weighted by Gasteiger charge is -2.36. The number of hydrogen-bond donors (Lipinski definition) is 0. The summed E-state index contributed by atoms with van der Waals surface area (Å²) >= 11 is 0. The molecule has 1 aliphatic rings. The van der Waals surface area contributed by atoms with E-state index in [1.54, 1.807) is 7.11 Å². The molecule has 0 spiro atoms. The second-order valence-corrected chi connectivity index (χ2v) is 6.69. The van der Waals surface area contributed by atoms with E-state index < -0.39 is 0 Å². The molecule has 0 bridgehead atoms. The van der Waals surface area contributed by atoms with Crippen LogP contribution in [0.25, 0.3) is 0 Å². The van der Waals surface area contributed by atoms with Crippen molar-refractivity contribution in [3.05, 3.63) is 59.7 Å². The van der Waals surface area contributed by atoms with Crippen LogP contribution in [0.1, 0.15) is 29.3 Å². The zero-order valence-electron chi connectivity index (χ0n) is 16.2. The summed E-state index contributed by atoms with van der Waals surface area (Å²) < 4.78 is 11.1. The Morgan fingerprint density at radius 1 is 1.04 bits per heavy atom. The molecule has 2 aromatic rings. The Morgan fingerprint density at radius 3 is 2.44 bits per heavy atom. The topological polar surface area (TPSA) is 42.0 Å². The van der Waals surface area contributed by atoms with Gasteiger partial charge in [-0.25, -0.2) is 0 Å². The highest BCUT2D eigenvalue weighted by Gasteiger charge is 2.23. The first kappa shape index (κ1) is 19.2. The molecule has 0 aliphatic carbocycles. The van der Waals surface area contributed by atoms with Crippen LogP contribution >= 0.6 is 0 Å². The maximum absolute atomic E-state index is 13.0. The van der Waals surface area contributed by atoms with E-state index in [4.69, 9.17) is 9.47 Å². The van der Waals surface area contributed by atoms with Gasteiger partial charge < -0.3 is 19.3 Å². The van der Waals surface area contributed by atoms with Gasteiger partial charge in [-0.2, -0.15) is 0 Å². The smallest absolute Gasteiger partial charge is 0.253 e. The lowest BCUT2D eigenvalue weighted by molar-refractivity contribution is 0.0746. The molecule has 1 saturated heterocycles. The number of nitrogens with zero attached hydrogens (tertiary/aromatic N) is 2. The standard InChI is InChI=1S/C22H28N2O3/c1-3-15-27-17-19-16-18(9-10-21(19)26-2)22(25)24-13-11-23(12-14-24)20-7-5-4-6-8-20/h4-10,16H,3,11-15,17H2,1-2H3. The van der Waals surface area contributed by atoms with Gasteiger partial charge in [0.1, 0.15) is 5.75 Å². The monoisotopic (exact) mass is 368 g/mol. The zero-order chi connectivity index (χ0) is 19.1. The van der Waals surface area contributed by atoms with Crippen molar-refractivity contribution in [2.45, 2.75) is 20.0 Å². The highest BCUT2D eigenvalue weighted by Crippen LogP contribution is 2.23. The first-order chi connectivity index (χ1) is 13.2. The minimum atomic E-state index is 0.0714. The molecule has 0 radical (unpaired) electrons. The highest BCUT2D eigenvalue weighted by molar-refractivity contribution is 5.94. The molecule has 1 heterocycles. The SMILES string of the molecule is CCCOCc1cc(C(=O)N2CCN(c3ccccc3)CC2)ccc1OC. The number of carbonyl (C=O) groups is 1. The molecular weight excluding hydrogens is 340 g/mol. The molecule has 0 atom stereocenters. The fraction of sp³-hybridized carbons (Fsp3) is 0.409. The zero-order valence-corrected chi connectivity index (χ0v) is 16.2. The summed E-state index contributed by atoms with van der Waals surface area (Å²) in [6.07, 6.45) is 0.965. The largest absolute Gasteiger partial charge is 0.496 e. The predicted molar refractivity (Wildman–Crippen MR) is 107 cm³/mol. The van der Waals surface area contributed by atoms with Crippen molar-refractivity contribution in [2.75, 3.05) is 44.8 Å². The van der Waals surface area contributed by atoms with E-state index in [1.165, 1.54) is 5.69 Å². The predicted octanol–water partition coefficient (Wildman–Crippen LogP) is 3.58. The van der Waals surface area contributed by atoms with Crippen LogP contribution in [-0.2, 0) is 11.3 Å². The maximum Gasteiger partial charge on any atom is 0.253 e. The minimum Gasteiger partial charge on any atom is -0.496 e. The van der Waals surface area contributed by atoms with Crippen LogP contribution in [0, 0.1) is 0 Å². The van der Waals surface area contributed by atoms with Crippen molar-refractivity contribution in [1.82, 2.24) is 4.90 Å². The van der Waals surface area contributed by atoms with Gasteiger partial charge in [0.2, 0.25) is 0 Å². The molecule has 1 aliphatic heterocycles. The molecule has 0 N–H and O–H groups in total. The van der Waals surface area contributed by atoms with Crippen molar-refractivity contribution in [2.24, 2.45) is 0 Å². The highest BCUT2D eigenvalue weighted by atomic mass is 16.5. The van der Waals surface area contributed by atoms with Gasteiger partial charge >= 0.3 is 0 Å². The van der Waals surface area contributed by atoms with E-state index in [2.05, 4.69) is 24.0 Å². The van der Waals surface area contributed by atoms with Crippen LogP contribution in [-0.4, -0.2) is 50.7 Å². The minimum absolute atomic E-state index is 0.0714. The van der Waals surface area contributed by atoms with E-state index in [-0.39, 0.29) is 5.91 Å². The first-order valence-electron chi connectivity index (χ1n) is 9.57. The van der Waals surface area contributed by atoms with Gasteiger partial charge in [0, 0.05) is 49.6 Å². The third kappa shape index (κ3) is 4.80. The van der Waals surface area contributed by atoms with Crippen molar-refractivity contribution >= 4 is 11.6 Å². The fourth-order valence-corrected chi connectivity index (χ4v) is 3.34. The van der Waals surface area contributed by atoms with Crippen LogP contribution < -0.4 is 9.64 Å². The summed E-state index contributed by atoms with van der Waals surface area (Å²) in [6.45, 7) is 6.37. The molecule has 3 rings (SSSR count). The second kappa shape index (κ2) is 9.42. The van der Waals surface area contributed by atoms with Gasteiger partial charge in [-0.15, -0.1) is 0 Å². The van der Waals surface area contributed by atoms with Crippen LogP contribution in [0.15, 0.2) is 48.5 Å². The first-order valence-corrected chi connectivity index (χ1v) is 9.57. The summed E-state index contributed by atoms with van der Waals surface area (Å²) in [5, 5.41) is 0. The molecule has 5 heteroatoms. The third-order valence-corrected chi connectivity index (χ3v) is 4.82. The van der Waals surface area contributed by atoms with Crippen LogP contribution in [0.5, 0.6) is 5.75 Å². The number of carbonyl (C=O) groups excluding carboxylic acids is 1. The van der Waals surface area contributed by atoms with Crippen molar-refractivity contribution in [3.8, 4) is 5.75 Å². The Morgan fingerprint density at radius 2 is 1.78 bits per heavy atom. The van der Waals surface area contributed by atoms with Gasteiger partial charge in [0.15, 0.2) is 0 Å². The molecule has 1 amide bonds. The summed E-state index contributed by atoms with van der Waals surface area (Å²) in [6, 6.07) is 16.0. The van der Waals surface area contributed by atoms with Gasteiger partial charge in [-0.3, -0.25) is 4.79 Å². The normalized spacial score (nSPS) is 14.3. The van der Waals surface area contributed by atoms with Crippen LogP contribution in [0.2, 0.25) is 0 Å². The number of ether oxygens (including phenoxy) is 2. The van der Waals surface area contributed by atoms with Gasteiger partial charge in [0.05, 0.1) is 13.7 Å². The van der Waals surface area contributed by atoms with Crippen molar-refractivity contribution in [3.63, 3.8) is 0 Å². The Labute approximate surface area is 161 Å². The number of anilines is 1. The molecule has 27 heavy (non-hydrogen) atoms. The number of para-hydroxylation sites is 1. The Hall–Kier alpha value is -2.53. The van der Waals surface area contributed by atoms with Gasteiger partial charge in [0.25, 0.3) is 5.91 Å². The van der Waals surface area contributed by atoms with E-state index in [9.17, 15) is 4.79 Å². The van der Waals surface area contributed by atoms with E-state index >= 15 is 0 Å². The van der Waals surface area contributed by atoms with Gasteiger partial charge in [-0.1, -0.05) is 25.1 Å². The summed E-state index contributed by atoms with van der Waals surface area (Å²) in [4.78, 5) is 17.2. The summed E-state index contributed by atoms with van der Waals surface area (Å²) in [5.74, 6) is 0.832. The molecule has 144 valence electrons. The van der Waals surface area contributed by atoms with Crippen molar-refractivity contribution in [1.29, 1.82) is 0 Å². The van der Waals surface area contributed by atoms with Crippen molar-refractivity contribution < 1.29 is 14.3 Å². The second-order valence-electron chi connectivity index (χ2n) is 6.69. The van der Waals surface area contributed by atoms with E-state index in [1.807, 2.05) is 41.3 Å². The number of amides is 1. The lowest BCUT2D eigenvalue weighted by Crippen LogP contribution is -2.48. The molecule has 0 unspecified atom stereocenters. The average Bonchev–Trinajstić information content (AvgIpc) is 2.74. The lowest BCUT2D eigenvalue weighted by atomic mass is 10.1. The molecular formula is C22H28N2O3. The summed E-state index contributed by atoms with van der Waals surface area (Å²) in [7, 11) is 1.64. The maximum atomic E-state index is 13.0. The van der Waals surface area contributed by atoms with Crippen LogP contribution in [0.4, 0.5) is 5.69 Å². The van der Waals surface area contributed by atoms with Crippen LogP contribution in [0.3, 0.4) is 0 Å². The van der Waals surface area contributed by atoms with Gasteiger partial charge in [-0.05, 0) is 36.8 Å². The molecule has 2 aromatic carbocycles. The van der Waals surface area contributed by atoms with E-state index in [0.717, 1.165) is 43.9 Å². The number of piperazine rings is 1. The average molecular weight is 368 g/mol.